The van der Waals surface area contributed by atoms with E-state index in [2.05, 4.69) is 62.9 Å². The second-order valence-corrected chi connectivity index (χ2v) is 9.14. The molecule has 4 aromatic rings. The molecule has 4 rings (SSSR count). The SMILES string of the molecule is Cc1ccccc1[NH3+].Cc1ccccc1[NH3+].O=P([O-])([O-])Oc1c[nH]c2ccc(Br)c(Cl)c12. The van der Waals surface area contributed by atoms with E-state index < -0.39 is 7.82 Å². The molecule has 1 aromatic heterocycles. The zero-order valence-electron chi connectivity index (χ0n) is 17.6. The normalized spacial score (nSPS) is 10.6. The highest BCUT2D eigenvalue weighted by Gasteiger charge is 2.12. The molecule has 0 atom stereocenters. The average Bonchev–Trinajstić information content (AvgIpc) is 3.12. The maximum atomic E-state index is 10.5. The molecule has 0 aliphatic carbocycles. The van der Waals surface area contributed by atoms with Gasteiger partial charge in [0.25, 0.3) is 0 Å². The van der Waals surface area contributed by atoms with Crippen LogP contribution in [-0.2, 0) is 4.57 Å². The Morgan fingerprint density at radius 1 is 0.938 bits per heavy atom. The molecule has 0 saturated heterocycles. The van der Waals surface area contributed by atoms with Gasteiger partial charge in [-0.3, -0.25) is 0 Å². The summed E-state index contributed by atoms with van der Waals surface area (Å²) in [5.74, 6) is -0.102. The van der Waals surface area contributed by atoms with E-state index in [9.17, 15) is 14.4 Å². The van der Waals surface area contributed by atoms with Crippen molar-refractivity contribution in [3.8, 4) is 5.75 Å². The molecule has 0 spiro atoms. The fourth-order valence-corrected chi connectivity index (χ4v) is 3.51. The van der Waals surface area contributed by atoms with Gasteiger partial charge < -0.3 is 35.3 Å². The van der Waals surface area contributed by atoms with Crippen molar-refractivity contribution in [1.82, 2.24) is 4.98 Å². The van der Waals surface area contributed by atoms with Gasteiger partial charge in [-0.1, -0.05) is 48.0 Å². The van der Waals surface area contributed by atoms with Crippen molar-refractivity contribution in [2.75, 3.05) is 0 Å². The van der Waals surface area contributed by atoms with Gasteiger partial charge in [0.05, 0.1) is 15.9 Å². The van der Waals surface area contributed by atoms with Gasteiger partial charge in [0.2, 0.25) is 0 Å². The van der Waals surface area contributed by atoms with E-state index in [1.165, 1.54) is 17.3 Å². The molecule has 10 heteroatoms. The number of aryl methyl sites for hydroxylation is 2. The maximum Gasteiger partial charge on any atom is 0.151 e. The number of phosphoric acid groups is 1. The van der Waals surface area contributed by atoms with Crippen molar-refractivity contribution in [3.63, 3.8) is 0 Å². The van der Waals surface area contributed by atoms with E-state index >= 15 is 0 Å². The summed E-state index contributed by atoms with van der Waals surface area (Å²) in [5.41, 5.74) is 13.0. The number of nitrogens with one attached hydrogen (secondary N) is 1. The Kier molecular flexibility index (Phi) is 9.48. The first-order valence-corrected chi connectivity index (χ1v) is 12.0. The topological polar surface area (TPSA) is 143 Å². The number of hydrogen-bond donors (Lipinski definition) is 3. The third-order valence-corrected chi connectivity index (χ3v) is 6.13. The van der Waals surface area contributed by atoms with Gasteiger partial charge in [-0.15, -0.1) is 0 Å². The molecule has 7 nitrogen and oxygen atoms in total. The minimum Gasteiger partial charge on any atom is -0.780 e. The Bertz CT molecular complexity index is 1160. The monoisotopic (exact) mass is 539 g/mol. The smallest absolute Gasteiger partial charge is 0.151 e. The van der Waals surface area contributed by atoms with Crippen LogP contribution in [-0.4, -0.2) is 4.98 Å². The van der Waals surface area contributed by atoms with Crippen LogP contribution in [0.5, 0.6) is 5.75 Å². The van der Waals surface area contributed by atoms with Crippen LogP contribution in [0.15, 0.2) is 71.3 Å². The average molecular weight is 541 g/mol. The van der Waals surface area contributed by atoms with E-state index in [1.54, 1.807) is 12.1 Å². The van der Waals surface area contributed by atoms with Crippen molar-refractivity contribution in [1.29, 1.82) is 0 Å². The molecule has 0 fully saturated rings. The Morgan fingerprint density at radius 2 is 1.44 bits per heavy atom. The molecule has 0 amide bonds. The fraction of sp³-hybridized carbons (Fsp3) is 0.0909. The van der Waals surface area contributed by atoms with Crippen LogP contribution in [0.2, 0.25) is 5.02 Å². The number of hydrogen-bond acceptors (Lipinski definition) is 4. The maximum absolute atomic E-state index is 10.5. The van der Waals surface area contributed by atoms with Crippen molar-refractivity contribution >= 4 is 57.6 Å². The van der Waals surface area contributed by atoms with Crippen LogP contribution in [0.1, 0.15) is 11.1 Å². The number of phosphoric ester groups is 1. The molecule has 0 radical (unpaired) electrons. The molecule has 1 heterocycles. The first-order valence-electron chi connectivity index (χ1n) is 9.41. The summed E-state index contributed by atoms with van der Waals surface area (Å²) in [6.07, 6.45) is 1.27. The van der Waals surface area contributed by atoms with Crippen LogP contribution in [0.4, 0.5) is 11.4 Å². The highest BCUT2D eigenvalue weighted by Crippen LogP contribution is 2.40. The molecule has 0 aliphatic rings. The number of fused-ring (bicyclic) bond motifs is 1. The van der Waals surface area contributed by atoms with Gasteiger partial charge >= 0.3 is 0 Å². The second-order valence-electron chi connectivity index (χ2n) is 6.83. The Balaban J connectivity index is 0.000000190. The predicted molar refractivity (Wildman–Crippen MR) is 127 cm³/mol. The summed E-state index contributed by atoms with van der Waals surface area (Å²) >= 11 is 9.15. The molecular weight excluding hydrogens is 517 g/mol. The second kappa shape index (κ2) is 11.6. The predicted octanol–water partition coefficient (Wildman–Crippen LogP) is 3.53. The quantitative estimate of drug-likeness (QED) is 0.334. The Labute approximate surface area is 199 Å². The molecular formula is C22H24BrClN3O4P. The fourth-order valence-electron chi connectivity index (χ4n) is 2.54. The molecule has 170 valence electrons. The van der Waals surface area contributed by atoms with Crippen LogP contribution < -0.4 is 25.8 Å². The van der Waals surface area contributed by atoms with Crippen LogP contribution >= 0.6 is 35.4 Å². The number of aromatic nitrogens is 1. The number of halogens is 2. The number of rotatable bonds is 2. The largest absolute Gasteiger partial charge is 0.780 e. The van der Waals surface area contributed by atoms with Gasteiger partial charge in [0.15, 0.2) is 5.75 Å². The van der Waals surface area contributed by atoms with Gasteiger partial charge in [-0.05, 0) is 54.0 Å². The lowest BCUT2D eigenvalue weighted by Crippen LogP contribution is -2.40. The van der Waals surface area contributed by atoms with E-state index in [0.717, 1.165) is 11.4 Å². The molecule has 0 saturated carbocycles. The lowest BCUT2D eigenvalue weighted by Gasteiger charge is -2.28. The number of H-pyrrole nitrogens is 1. The third kappa shape index (κ3) is 7.76. The molecule has 3 aromatic carbocycles. The molecule has 0 unspecified atom stereocenters. The summed E-state index contributed by atoms with van der Waals surface area (Å²) in [6.45, 7) is 4.12. The molecule has 0 aliphatic heterocycles. The number of benzene rings is 3. The summed E-state index contributed by atoms with van der Waals surface area (Å²) < 4.78 is 15.4. The van der Waals surface area contributed by atoms with Crippen molar-refractivity contribution in [3.05, 3.63) is 87.5 Å². The van der Waals surface area contributed by atoms with Crippen LogP contribution in [0.3, 0.4) is 0 Å². The van der Waals surface area contributed by atoms with Gasteiger partial charge in [-0.25, -0.2) is 0 Å². The van der Waals surface area contributed by atoms with E-state index in [1.807, 2.05) is 36.4 Å². The Hall–Kier alpha value is -2.16. The Morgan fingerprint density at radius 3 is 1.84 bits per heavy atom. The minimum absolute atomic E-state index is 0.102. The van der Waals surface area contributed by atoms with E-state index in [-0.39, 0.29) is 10.8 Å². The zero-order chi connectivity index (χ0) is 23.9. The third-order valence-electron chi connectivity index (χ3n) is 4.43. The van der Waals surface area contributed by atoms with Crippen molar-refractivity contribution in [2.45, 2.75) is 13.8 Å². The van der Waals surface area contributed by atoms with Gasteiger partial charge in [0.1, 0.15) is 19.2 Å². The summed E-state index contributed by atoms with van der Waals surface area (Å²) in [4.78, 5) is 23.8. The highest BCUT2D eigenvalue weighted by atomic mass is 79.9. The van der Waals surface area contributed by atoms with E-state index in [4.69, 9.17) is 11.6 Å². The molecule has 7 N–H and O–H groups in total. The lowest BCUT2D eigenvalue weighted by atomic mass is 10.2. The molecule has 0 bridgehead atoms. The first-order chi connectivity index (χ1) is 15.0. The zero-order valence-corrected chi connectivity index (χ0v) is 20.8. The first kappa shape index (κ1) is 26.1. The van der Waals surface area contributed by atoms with Crippen LogP contribution in [0.25, 0.3) is 10.9 Å². The van der Waals surface area contributed by atoms with Crippen molar-refractivity contribution < 1.29 is 30.3 Å². The highest BCUT2D eigenvalue weighted by molar-refractivity contribution is 9.10. The van der Waals surface area contributed by atoms with E-state index in [0.29, 0.717) is 15.4 Å². The van der Waals surface area contributed by atoms with Crippen molar-refractivity contribution in [2.24, 2.45) is 0 Å². The number of aromatic amines is 1. The minimum atomic E-state index is -5.09. The lowest BCUT2D eigenvalue weighted by molar-refractivity contribution is -0.333. The summed E-state index contributed by atoms with van der Waals surface area (Å²) in [6, 6.07) is 19.5. The summed E-state index contributed by atoms with van der Waals surface area (Å²) in [7, 11) is -5.09. The summed E-state index contributed by atoms with van der Waals surface area (Å²) in [5, 5.41) is 0.630. The molecule has 32 heavy (non-hydrogen) atoms. The number of quaternary nitrogens is 2. The van der Waals surface area contributed by atoms with Crippen LogP contribution in [0, 0.1) is 13.8 Å². The standard InChI is InChI=1S/C8H6BrClNO4P.2C7H9N/c9-4-1-2-5-7(8(4)10)6(3-11-5)15-16(12,13)14;2*1-6-4-2-3-5-7(6)8/h1-3,11H,(H2,12,13,14);2*2-5H,8H2,1H3. The van der Waals surface area contributed by atoms with Gasteiger partial charge in [0, 0.05) is 21.8 Å². The van der Waals surface area contributed by atoms with Gasteiger partial charge in [-0.2, -0.15) is 0 Å².